The molecule has 1 fully saturated rings. The van der Waals surface area contributed by atoms with Crippen LogP contribution in [0.15, 0.2) is 23.7 Å². The molecule has 8 heteroatoms. The first kappa shape index (κ1) is 22.1. The Morgan fingerprint density at radius 1 is 1.21 bits per heavy atom. The van der Waals surface area contributed by atoms with Crippen LogP contribution < -0.4 is 5.32 Å². The quantitative estimate of drug-likeness (QED) is 0.596. The van der Waals surface area contributed by atoms with E-state index in [0.29, 0.717) is 11.0 Å². The van der Waals surface area contributed by atoms with Gasteiger partial charge in [0, 0.05) is 13.5 Å². The van der Waals surface area contributed by atoms with E-state index in [4.69, 9.17) is 14.0 Å². The van der Waals surface area contributed by atoms with E-state index >= 15 is 0 Å². The molecule has 1 saturated heterocycles. The molecule has 6 nitrogen and oxygen atoms in total. The molecule has 152 valence electrons. The van der Waals surface area contributed by atoms with Crippen molar-refractivity contribution in [2.45, 2.75) is 52.7 Å². The Kier molecular flexibility index (Phi) is 6.67. The summed E-state index contributed by atoms with van der Waals surface area (Å²) < 4.78 is 31.0. The van der Waals surface area contributed by atoms with Crippen molar-refractivity contribution in [3.63, 3.8) is 0 Å². The topological polar surface area (TPSA) is 73.9 Å². The van der Waals surface area contributed by atoms with Gasteiger partial charge in [0.2, 0.25) is 5.91 Å². The molecule has 0 aromatic heterocycles. The zero-order valence-corrected chi connectivity index (χ0v) is 17.2. The van der Waals surface area contributed by atoms with Gasteiger partial charge in [-0.3, -0.25) is 4.79 Å². The van der Waals surface area contributed by atoms with E-state index in [0.717, 1.165) is 0 Å². The molecule has 0 atom stereocenters. The maximum absolute atomic E-state index is 13.9. The average Bonchev–Trinajstić information content (AvgIpc) is 2.79. The van der Waals surface area contributed by atoms with Gasteiger partial charge in [-0.15, -0.1) is 0 Å². The molecule has 1 aliphatic rings. The minimum Gasteiger partial charge on any atom is -0.462 e. The third-order valence-electron chi connectivity index (χ3n) is 4.95. The Morgan fingerprint density at radius 3 is 2.36 bits per heavy atom. The Morgan fingerprint density at radius 2 is 1.82 bits per heavy atom. The molecule has 28 heavy (non-hydrogen) atoms. The van der Waals surface area contributed by atoms with E-state index < -0.39 is 30.1 Å². The number of nitrogens with one attached hydrogen (secondary N) is 1. The van der Waals surface area contributed by atoms with Crippen molar-refractivity contribution in [2.75, 3.05) is 13.2 Å². The van der Waals surface area contributed by atoms with Gasteiger partial charge in [-0.2, -0.15) is 0 Å². The molecule has 0 saturated carbocycles. The summed E-state index contributed by atoms with van der Waals surface area (Å²) in [7, 11) is -0.754. The van der Waals surface area contributed by atoms with E-state index in [9.17, 15) is 14.0 Å². The molecule has 0 radical (unpaired) electrons. The molecule has 0 spiro atoms. The first-order chi connectivity index (χ1) is 13.0. The van der Waals surface area contributed by atoms with Gasteiger partial charge in [-0.05, 0) is 63.9 Å². The van der Waals surface area contributed by atoms with Crippen molar-refractivity contribution < 1.29 is 28.0 Å². The lowest BCUT2D eigenvalue weighted by molar-refractivity contribution is -0.118. The molecule has 0 bridgehead atoms. The molecule has 1 N–H and O–H groups in total. The molecule has 1 aliphatic heterocycles. The fourth-order valence-electron chi connectivity index (χ4n) is 2.67. The van der Waals surface area contributed by atoms with Gasteiger partial charge >= 0.3 is 13.1 Å². The molecule has 2 rings (SSSR count). The highest BCUT2D eigenvalue weighted by molar-refractivity contribution is 6.56. The number of hydrogen-bond acceptors (Lipinski definition) is 5. The number of rotatable bonds is 6. The van der Waals surface area contributed by atoms with Crippen LogP contribution in [0.2, 0.25) is 0 Å². The van der Waals surface area contributed by atoms with Crippen LogP contribution in [0.3, 0.4) is 0 Å². The number of carbonyl (C=O) groups excluding carboxylic acids is 2. The van der Waals surface area contributed by atoms with Gasteiger partial charge in [-0.25, -0.2) is 9.18 Å². The predicted molar refractivity (Wildman–Crippen MR) is 105 cm³/mol. The summed E-state index contributed by atoms with van der Waals surface area (Å²) in [5, 5.41) is 2.71. The van der Waals surface area contributed by atoms with Crippen LogP contribution in [0, 0.1) is 5.82 Å². The lowest BCUT2D eigenvalue weighted by Crippen LogP contribution is -2.41. The minimum absolute atomic E-state index is 0.130. The Labute approximate surface area is 165 Å². The van der Waals surface area contributed by atoms with Crippen molar-refractivity contribution in [3.05, 3.63) is 40.6 Å². The molecule has 1 aromatic rings. The average molecular weight is 391 g/mol. The predicted octanol–water partition coefficient (Wildman–Crippen LogP) is 3.15. The lowest BCUT2D eigenvalue weighted by atomic mass is 9.76. The Balaban J connectivity index is 2.47. The number of carbonyl (C=O) groups is 2. The normalized spacial score (nSPS) is 18.1. The minimum atomic E-state index is -0.754. The highest BCUT2D eigenvalue weighted by Crippen LogP contribution is 2.38. The molecule has 0 unspecified atom stereocenters. The van der Waals surface area contributed by atoms with Gasteiger partial charge in [0.05, 0.1) is 23.4 Å². The number of halogens is 1. The first-order valence-corrected chi connectivity index (χ1v) is 9.24. The second-order valence-corrected chi connectivity index (χ2v) is 7.67. The highest BCUT2D eigenvalue weighted by Gasteiger charge is 2.52. The molecular formula is C20H27BFNO5. The van der Waals surface area contributed by atoms with Crippen LogP contribution in [0.5, 0.6) is 0 Å². The lowest BCUT2D eigenvalue weighted by Gasteiger charge is -2.32. The maximum atomic E-state index is 13.9. The second-order valence-electron chi connectivity index (χ2n) is 7.67. The molecule has 1 heterocycles. The van der Waals surface area contributed by atoms with E-state index in [2.05, 4.69) is 5.32 Å². The Bertz CT molecular complexity index is 775. The van der Waals surface area contributed by atoms with Gasteiger partial charge in [-0.1, -0.05) is 6.08 Å². The largest absolute Gasteiger partial charge is 0.492 e. The van der Waals surface area contributed by atoms with Crippen LogP contribution in [-0.4, -0.2) is 43.3 Å². The molecule has 1 amide bonds. The van der Waals surface area contributed by atoms with E-state index in [1.54, 1.807) is 13.0 Å². The summed E-state index contributed by atoms with van der Waals surface area (Å²) in [6, 6.07) is 3.82. The summed E-state index contributed by atoms with van der Waals surface area (Å²) in [6.07, 6.45) is 1.60. The fraction of sp³-hybridized carbons (Fsp3) is 0.500. The third kappa shape index (κ3) is 5.00. The zero-order chi connectivity index (χ0) is 21.1. The standard InChI is InChI=1S/C20H27BFNO5/c1-7-26-18(25)17-9-8-16(22)11-14(17)10-15(12-23-13(2)24)21-27-19(3,4)20(5,6)28-21/h8-11H,7,12H2,1-6H3,(H,23,24). The van der Waals surface area contributed by atoms with E-state index in [1.807, 2.05) is 27.7 Å². The van der Waals surface area contributed by atoms with Crippen molar-refractivity contribution in [2.24, 2.45) is 0 Å². The van der Waals surface area contributed by atoms with Crippen LogP contribution in [0.1, 0.15) is 57.5 Å². The first-order valence-electron chi connectivity index (χ1n) is 9.24. The number of amides is 1. The van der Waals surface area contributed by atoms with Crippen molar-refractivity contribution >= 4 is 25.1 Å². The molecule has 0 aliphatic carbocycles. The van der Waals surface area contributed by atoms with Crippen molar-refractivity contribution in [1.82, 2.24) is 5.32 Å². The molecular weight excluding hydrogens is 364 g/mol. The van der Waals surface area contributed by atoms with Gasteiger partial charge in [0.25, 0.3) is 0 Å². The third-order valence-corrected chi connectivity index (χ3v) is 4.95. The second kappa shape index (κ2) is 8.45. The summed E-state index contributed by atoms with van der Waals surface area (Å²) >= 11 is 0. The van der Waals surface area contributed by atoms with Crippen LogP contribution in [-0.2, 0) is 18.8 Å². The smallest absolute Gasteiger partial charge is 0.462 e. The number of ether oxygens (including phenoxy) is 1. The van der Waals surface area contributed by atoms with E-state index in [-0.39, 0.29) is 24.6 Å². The van der Waals surface area contributed by atoms with Crippen LogP contribution in [0.25, 0.3) is 6.08 Å². The van der Waals surface area contributed by atoms with E-state index in [1.165, 1.54) is 25.1 Å². The summed E-state index contributed by atoms with van der Waals surface area (Å²) in [5.74, 6) is -1.28. The van der Waals surface area contributed by atoms with Gasteiger partial charge < -0.3 is 19.4 Å². The Hall–Kier alpha value is -2.19. The fourth-order valence-corrected chi connectivity index (χ4v) is 2.67. The van der Waals surface area contributed by atoms with Crippen LogP contribution in [0.4, 0.5) is 4.39 Å². The van der Waals surface area contributed by atoms with Gasteiger partial charge in [0.15, 0.2) is 0 Å². The summed E-state index contributed by atoms with van der Waals surface area (Å²) in [4.78, 5) is 23.7. The van der Waals surface area contributed by atoms with Gasteiger partial charge in [0.1, 0.15) is 5.82 Å². The van der Waals surface area contributed by atoms with Crippen molar-refractivity contribution in [3.8, 4) is 0 Å². The highest BCUT2D eigenvalue weighted by atomic mass is 19.1. The summed E-state index contributed by atoms with van der Waals surface area (Å²) in [6.45, 7) is 11.1. The SMILES string of the molecule is CCOC(=O)c1ccc(F)cc1C=C(CNC(C)=O)B1OC(C)(C)C(C)(C)O1. The maximum Gasteiger partial charge on any atom is 0.492 e. The monoisotopic (exact) mass is 391 g/mol. The molecule has 1 aromatic carbocycles. The number of benzene rings is 1. The van der Waals surface area contributed by atoms with Crippen molar-refractivity contribution in [1.29, 1.82) is 0 Å². The summed E-state index contributed by atoms with van der Waals surface area (Å²) in [5.41, 5.74) is -0.0591. The number of hydrogen-bond donors (Lipinski definition) is 1. The van der Waals surface area contributed by atoms with Crippen LogP contribution >= 0.6 is 0 Å². The zero-order valence-electron chi connectivity index (χ0n) is 17.2. The number of esters is 1.